The van der Waals surface area contributed by atoms with Crippen LogP contribution in [-0.2, 0) is 4.74 Å². The number of hydrogen-bond donors (Lipinski definition) is 3. The summed E-state index contributed by atoms with van der Waals surface area (Å²) in [6.07, 6.45) is 9.28. The van der Waals surface area contributed by atoms with Crippen LogP contribution in [0, 0.1) is 5.41 Å². The number of allylic oxidation sites excluding steroid dienone is 3. The smallest absolute Gasteiger partial charge is 0.231 e. The largest absolute Gasteiger partial charge is 0.477 e. The molecule has 0 unspecified atom stereocenters. The average Bonchev–Trinajstić information content (AvgIpc) is 2.29. The Morgan fingerprint density at radius 2 is 2.33 bits per heavy atom. The number of rotatable bonds is 4. The van der Waals surface area contributed by atoms with Gasteiger partial charge in [0.1, 0.15) is 5.70 Å². The number of nitrogens with two attached hydrogens (primary N) is 1. The fourth-order valence-electron chi connectivity index (χ4n) is 1.08. The van der Waals surface area contributed by atoms with Gasteiger partial charge in [-0.2, -0.15) is 0 Å². The Labute approximate surface area is 90.0 Å². The lowest BCUT2D eigenvalue weighted by atomic mass is 10.2. The molecule has 4 heteroatoms. The molecule has 82 valence electrons. The monoisotopic (exact) mass is 207 g/mol. The summed E-state index contributed by atoms with van der Waals surface area (Å²) in [5.74, 6) is 0.0332. The maximum atomic E-state index is 7.61. The highest BCUT2D eigenvalue weighted by Crippen LogP contribution is 2.04. The fraction of sp³-hybridized carbons (Fsp3) is 0.364. The lowest BCUT2D eigenvalue weighted by Gasteiger charge is -2.12. The number of hydrogen-bond acceptors (Lipinski definition) is 4. The molecule has 1 aliphatic heterocycles. The van der Waals surface area contributed by atoms with Crippen molar-refractivity contribution in [1.29, 1.82) is 5.41 Å². The van der Waals surface area contributed by atoms with Crippen molar-refractivity contribution in [3.8, 4) is 0 Å². The van der Waals surface area contributed by atoms with E-state index < -0.39 is 0 Å². The molecular weight excluding hydrogens is 190 g/mol. The lowest BCUT2D eigenvalue weighted by Crippen LogP contribution is -2.21. The van der Waals surface area contributed by atoms with Crippen LogP contribution in [0.4, 0.5) is 0 Å². The van der Waals surface area contributed by atoms with Crippen LogP contribution < -0.4 is 11.1 Å². The molecule has 0 saturated carbocycles. The zero-order valence-corrected chi connectivity index (χ0v) is 8.92. The Morgan fingerprint density at radius 3 is 2.93 bits per heavy atom. The van der Waals surface area contributed by atoms with Crippen molar-refractivity contribution in [2.24, 2.45) is 5.73 Å². The highest BCUT2D eigenvalue weighted by Gasteiger charge is 2.07. The number of ether oxygens (including phenoxy) is 1. The van der Waals surface area contributed by atoms with Gasteiger partial charge in [0.2, 0.25) is 5.90 Å². The van der Waals surface area contributed by atoms with E-state index in [2.05, 4.69) is 12.2 Å². The van der Waals surface area contributed by atoms with Gasteiger partial charge in [-0.1, -0.05) is 19.4 Å². The van der Waals surface area contributed by atoms with Crippen LogP contribution in [0.2, 0.25) is 0 Å². The first-order chi connectivity index (χ1) is 7.25. The molecule has 0 amide bonds. The summed E-state index contributed by atoms with van der Waals surface area (Å²) >= 11 is 0. The maximum absolute atomic E-state index is 7.61. The van der Waals surface area contributed by atoms with Gasteiger partial charge in [-0.15, -0.1) is 0 Å². The Bertz CT molecular complexity index is 316. The van der Waals surface area contributed by atoms with E-state index in [1.54, 1.807) is 6.20 Å². The predicted octanol–water partition coefficient (Wildman–Crippen LogP) is 1.62. The van der Waals surface area contributed by atoms with Gasteiger partial charge in [0.15, 0.2) is 0 Å². The van der Waals surface area contributed by atoms with Crippen molar-refractivity contribution in [1.82, 2.24) is 5.32 Å². The molecule has 0 atom stereocenters. The number of nitrogens with one attached hydrogen (secondary N) is 2. The van der Waals surface area contributed by atoms with Crippen LogP contribution in [0.3, 0.4) is 0 Å². The van der Waals surface area contributed by atoms with E-state index in [0.29, 0.717) is 18.0 Å². The molecule has 0 aromatic heterocycles. The summed E-state index contributed by atoms with van der Waals surface area (Å²) in [6.45, 7) is 2.62. The van der Waals surface area contributed by atoms with Crippen LogP contribution in [-0.4, -0.2) is 12.5 Å². The molecule has 0 radical (unpaired) electrons. The molecule has 4 N–H and O–H groups in total. The molecule has 4 nitrogen and oxygen atoms in total. The van der Waals surface area contributed by atoms with Gasteiger partial charge in [-0.3, -0.25) is 5.41 Å². The predicted molar refractivity (Wildman–Crippen MR) is 61.2 cm³/mol. The van der Waals surface area contributed by atoms with E-state index in [4.69, 9.17) is 15.9 Å². The van der Waals surface area contributed by atoms with E-state index in [1.165, 1.54) is 0 Å². The summed E-state index contributed by atoms with van der Waals surface area (Å²) in [7, 11) is 0. The maximum Gasteiger partial charge on any atom is 0.231 e. The lowest BCUT2D eigenvalue weighted by molar-refractivity contribution is 0.294. The number of unbranched alkanes of at least 4 members (excludes halogenated alkanes) is 1. The second-order valence-electron chi connectivity index (χ2n) is 3.22. The summed E-state index contributed by atoms with van der Waals surface area (Å²) in [6, 6.07) is 0. The van der Waals surface area contributed by atoms with Gasteiger partial charge in [-0.05, 0) is 18.6 Å². The van der Waals surface area contributed by atoms with Crippen molar-refractivity contribution in [3.63, 3.8) is 0 Å². The zero-order valence-electron chi connectivity index (χ0n) is 8.92. The van der Waals surface area contributed by atoms with Gasteiger partial charge >= 0.3 is 0 Å². The molecule has 0 aliphatic carbocycles. The van der Waals surface area contributed by atoms with E-state index in [-0.39, 0.29) is 5.90 Å². The summed E-state index contributed by atoms with van der Waals surface area (Å²) in [4.78, 5) is 0. The second-order valence-corrected chi connectivity index (χ2v) is 3.22. The Morgan fingerprint density at radius 1 is 1.53 bits per heavy atom. The van der Waals surface area contributed by atoms with Crippen LogP contribution >= 0.6 is 0 Å². The Hall–Kier alpha value is -1.71. The third-order valence-corrected chi connectivity index (χ3v) is 1.99. The SMILES string of the molecule is CCCCOC(=N)/C(N)=C1/C=CC=CN1. The summed E-state index contributed by atoms with van der Waals surface area (Å²) < 4.78 is 5.20. The van der Waals surface area contributed by atoms with Gasteiger partial charge in [0.05, 0.1) is 12.3 Å². The molecule has 0 spiro atoms. The molecule has 0 fully saturated rings. The van der Waals surface area contributed by atoms with Crippen molar-refractivity contribution in [2.75, 3.05) is 6.61 Å². The molecule has 1 heterocycles. The van der Waals surface area contributed by atoms with Crippen LogP contribution in [0.15, 0.2) is 35.8 Å². The average molecular weight is 207 g/mol. The fourth-order valence-corrected chi connectivity index (χ4v) is 1.08. The first kappa shape index (κ1) is 11.4. The molecule has 0 aromatic carbocycles. The van der Waals surface area contributed by atoms with E-state index in [1.807, 2.05) is 18.2 Å². The van der Waals surface area contributed by atoms with Gasteiger partial charge in [0, 0.05) is 6.20 Å². The first-order valence-electron chi connectivity index (χ1n) is 5.07. The van der Waals surface area contributed by atoms with E-state index >= 15 is 0 Å². The third kappa shape index (κ3) is 3.50. The number of dihydropyridines is 1. The quantitative estimate of drug-likeness (QED) is 0.372. The molecule has 0 saturated heterocycles. The normalized spacial score (nSPS) is 17.1. The highest BCUT2D eigenvalue weighted by atomic mass is 16.5. The molecule has 0 aromatic rings. The minimum atomic E-state index is 0.0332. The molecule has 0 bridgehead atoms. The summed E-state index contributed by atoms with van der Waals surface area (Å²) in [5.41, 5.74) is 6.80. The molecular formula is C11H17N3O. The van der Waals surface area contributed by atoms with Crippen LogP contribution in [0.1, 0.15) is 19.8 Å². The highest BCUT2D eigenvalue weighted by molar-refractivity contribution is 5.91. The minimum absolute atomic E-state index is 0.0332. The van der Waals surface area contributed by atoms with E-state index in [9.17, 15) is 0 Å². The Kier molecular flexibility index (Phi) is 4.47. The van der Waals surface area contributed by atoms with Crippen molar-refractivity contribution < 1.29 is 4.74 Å². The minimum Gasteiger partial charge on any atom is -0.477 e. The first-order valence-corrected chi connectivity index (χ1v) is 5.07. The van der Waals surface area contributed by atoms with Gasteiger partial charge < -0.3 is 15.8 Å². The Balaban J connectivity index is 2.51. The van der Waals surface area contributed by atoms with Crippen molar-refractivity contribution in [2.45, 2.75) is 19.8 Å². The third-order valence-electron chi connectivity index (χ3n) is 1.99. The van der Waals surface area contributed by atoms with Crippen LogP contribution in [0.5, 0.6) is 0 Å². The zero-order chi connectivity index (χ0) is 11.1. The van der Waals surface area contributed by atoms with Gasteiger partial charge in [-0.25, -0.2) is 0 Å². The second kappa shape index (κ2) is 5.90. The van der Waals surface area contributed by atoms with Crippen LogP contribution in [0.25, 0.3) is 0 Å². The van der Waals surface area contributed by atoms with E-state index in [0.717, 1.165) is 12.8 Å². The molecule has 1 rings (SSSR count). The van der Waals surface area contributed by atoms with Gasteiger partial charge in [0.25, 0.3) is 0 Å². The topological polar surface area (TPSA) is 71.1 Å². The standard InChI is InChI=1S/C11H17N3O/c1-2-3-8-15-11(13)10(12)9-6-4-5-7-14-9/h4-7,13-14H,2-3,8,12H2,1H3/b10-9+,13-11?. The summed E-state index contributed by atoms with van der Waals surface area (Å²) in [5, 5.41) is 10.6. The molecule has 1 aliphatic rings. The van der Waals surface area contributed by atoms with Crippen molar-refractivity contribution in [3.05, 3.63) is 35.8 Å². The van der Waals surface area contributed by atoms with Crippen molar-refractivity contribution >= 4 is 5.90 Å². The molecule has 15 heavy (non-hydrogen) atoms.